The van der Waals surface area contributed by atoms with Gasteiger partial charge in [0.1, 0.15) is 6.61 Å². The molecule has 1 unspecified atom stereocenters. The Hall–Kier alpha value is -1.99. The van der Waals surface area contributed by atoms with E-state index >= 15 is 0 Å². The van der Waals surface area contributed by atoms with Gasteiger partial charge in [0.2, 0.25) is 0 Å². The number of phosphoric acid groups is 1. The first-order chi connectivity index (χ1) is 18.8. The van der Waals surface area contributed by atoms with Gasteiger partial charge in [-0.15, -0.1) is 0 Å². The summed E-state index contributed by atoms with van der Waals surface area (Å²) in [5.41, 5.74) is 0. The van der Waals surface area contributed by atoms with Crippen LogP contribution in [0.4, 0.5) is 0 Å². The van der Waals surface area contributed by atoms with E-state index in [1.165, 1.54) is 6.42 Å². The fraction of sp³-hybridized carbons (Fsp3) is 0.667. The number of carbonyl (C=O) groups excluding carboxylic acids is 2. The van der Waals surface area contributed by atoms with Gasteiger partial charge in [0.25, 0.3) is 0 Å². The number of carbonyl (C=O) groups is 2. The molecule has 0 aromatic rings. The second-order valence-electron chi connectivity index (χ2n) is 9.35. The van der Waals surface area contributed by atoms with Gasteiger partial charge in [-0.05, 0) is 51.4 Å². The van der Waals surface area contributed by atoms with Crippen LogP contribution in [-0.2, 0) is 28.2 Å². The summed E-state index contributed by atoms with van der Waals surface area (Å²) in [6.07, 6.45) is 28.7. The maximum atomic E-state index is 12.2. The van der Waals surface area contributed by atoms with Gasteiger partial charge in [-0.3, -0.25) is 14.1 Å². The van der Waals surface area contributed by atoms with Crippen molar-refractivity contribution >= 4 is 19.8 Å². The van der Waals surface area contributed by atoms with E-state index in [4.69, 9.17) is 19.3 Å². The number of esters is 2. The molecule has 0 aliphatic heterocycles. The third kappa shape index (κ3) is 28.8. The maximum absolute atomic E-state index is 12.2. The van der Waals surface area contributed by atoms with Crippen molar-refractivity contribution in [3.05, 3.63) is 48.6 Å². The molecule has 0 bridgehead atoms. The molecule has 0 saturated carbocycles. The number of ether oxygens (including phenoxy) is 2. The van der Waals surface area contributed by atoms with Crippen LogP contribution in [-0.4, -0.2) is 41.0 Å². The molecule has 224 valence electrons. The first-order valence-corrected chi connectivity index (χ1v) is 16.0. The van der Waals surface area contributed by atoms with Gasteiger partial charge in [-0.1, -0.05) is 94.6 Å². The monoisotopic (exact) mass is 570 g/mol. The molecule has 8 nitrogen and oxygen atoms in total. The highest BCUT2D eigenvalue weighted by Gasteiger charge is 2.22. The molecule has 9 heteroatoms. The average molecular weight is 571 g/mol. The Balaban J connectivity index is 4.16. The van der Waals surface area contributed by atoms with Crippen molar-refractivity contribution in [2.45, 2.75) is 116 Å². The number of hydrogen-bond donors (Lipinski definition) is 2. The Morgan fingerprint density at radius 3 is 1.85 bits per heavy atom. The van der Waals surface area contributed by atoms with E-state index in [-0.39, 0.29) is 19.4 Å². The van der Waals surface area contributed by atoms with E-state index in [0.717, 1.165) is 64.2 Å². The van der Waals surface area contributed by atoms with Crippen LogP contribution in [0.1, 0.15) is 110 Å². The molecule has 0 aromatic carbocycles. The van der Waals surface area contributed by atoms with E-state index < -0.39 is 32.5 Å². The summed E-state index contributed by atoms with van der Waals surface area (Å²) >= 11 is 0. The largest absolute Gasteiger partial charge is 0.469 e. The van der Waals surface area contributed by atoms with E-state index in [0.29, 0.717) is 12.8 Å². The highest BCUT2D eigenvalue weighted by Crippen LogP contribution is 2.35. The fourth-order valence-corrected chi connectivity index (χ4v) is 3.84. The molecule has 0 radical (unpaired) electrons. The lowest BCUT2D eigenvalue weighted by Gasteiger charge is -2.18. The SMILES string of the molecule is CC/C=C\C/C=C\C/C=C\C/C=C\CCCCC(=O)OC(COC(=O)CCCCCCCC)COP(=O)(O)O. The van der Waals surface area contributed by atoms with Crippen molar-refractivity contribution in [1.82, 2.24) is 0 Å². The van der Waals surface area contributed by atoms with E-state index in [1.807, 2.05) is 0 Å². The zero-order valence-electron chi connectivity index (χ0n) is 24.0. The second-order valence-corrected chi connectivity index (χ2v) is 10.6. The van der Waals surface area contributed by atoms with Gasteiger partial charge < -0.3 is 19.3 Å². The zero-order valence-corrected chi connectivity index (χ0v) is 24.9. The van der Waals surface area contributed by atoms with Gasteiger partial charge in [0.15, 0.2) is 6.10 Å². The van der Waals surface area contributed by atoms with E-state index in [1.54, 1.807) is 0 Å². The van der Waals surface area contributed by atoms with Crippen LogP contribution in [0.2, 0.25) is 0 Å². The standard InChI is InChI=1S/C30H51O8P/c1-3-5-7-9-11-12-13-14-15-16-17-18-19-21-23-25-30(32)38-28(27-37-39(33,34)35)26-36-29(31)24-22-20-10-8-6-4-2/h5,7,11-12,14-15,17-18,28H,3-4,6,8-10,13,16,19-27H2,1-2H3,(H2,33,34,35)/b7-5-,12-11-,15-14-,18-17-. The quantitative estimate of drug-likeness (QED) is 0.0497. The molecule has 0 aromatic heterocycles. The summed E-state index contributed by atoms with van der Waals surface area (Å²) in [4.78, 5) is 42.1. The van der Waals surface area contributed by atoms with Crippen molar-refractivity contribution < 1.29 is 37.9 Å². The van der Waals surface area contributed by atoms with Gasteiger partial charge >= 0.3 is 19.8 Å². The van der Waals surface area contributed by atoms with Crippen LogP contribution in [0.3, 0.4) is 0 Å². The first kappa shape index (κ1) is 37.0. The van der Waals surface area contributed by atoms with Crippen LogP contribution >= 0.6 is 7.82 Å². The Labute approximate surface area is 235 Å². The summed E-state index contributed by atoms with van der Waals surface area (Å²) in [5, 5.41) is 0. The zero-order chi connectivity index (χ0) is 29.0. The van der Waals surface area contributed by atoms with Gasteiger partial charge in [-0.25, -0.2) is 4.57 Å². The molecular weight excluding hydrogens is 519 g/mol. The van der Waals surface area contributed by atoms with Gasteiger partial charge in [0.05, 0.1) is 6.61 Å². The molecule has 1 atom stereocenters. The van der Waals surface area contributed by atoms with Crippen LogP contribution < -0.4 is 0 Å². The minimum absolute atomic E-state index is 0.158. The average Bonchev–Trinajstić information content (AvgIpc) is 2.89. The predicted octanol–water partition coefficient (Wildman–Crippen LogP) is 7.67. The molecule has 0 heterocycles. The Bertz CT molecular complexity index is 782. The minimum atomic E-state index is -4.75. The number of hydrogen-bond acceptors (Lipinski definition) is 6. The Morgan fingerprint density at radius 1 is 0.692 bits per heavy atom. The van der Waals surface area contributed by atoms with Crippen molar-refractivity contribution in [2.24, 2.45) is 0 Å². The molecule has 0 amide bonds. The lowest BCUT2D eigenvalue weighted by atomic mass is 10.1. The third-order valence-electron chi connectivity index (χ3n) is 5.61. The van der Waals surface area contributed by atoms with Crippen molar-refractivity contribution in [2.75, 3.05) is 13.2 Å². The summed E-state index contributed by atoms with van der Waals surface area (Å²) in [5.74, 6) is -0.952. The van der Waals surface area contributed by atoms with Gasteiger partial charge in [-0.2, -0.15) is 0 Å². The molecule has 0 fully saturated rings. The van der Waals surface area contributed by atoms with Crippen molar-refractivity contribution in [3.63, 3.8) is 0 Å². The summed E-state index contributed by atoms with van der Waals surface area (Å²) in [6, 6.07) is 0. The topological polar surface area (TPSA) is 119 Å². The number of allylic oxidation sites excluding steroid dienone is 8. The summed E-state index contributed by atoms with van der Waals surface area (Å²) in [7, 11) is -4.75. The van der Waals surface area contributed by atoms with Crippen molar-refractivity contribution in [1.29, 1.82) is 0 Å². The van der Waals surface area contributed by atoms with E-state index in [9.17, 15) is 14.2 Å². The normalized spacial score (nSPS) is 13.2. The number of phosphoric ester groups is 1. The lowest BCUT2D eigenvalue weighted by Crippen LogP contribution is -2.29. The smallest absolute Gasteiger partial charge is 0.462 e. The fourth-order valence-electron chi connectivity index (χ4n) is 3.48. The van der Waals surface area contributed by atoms with Gasteiger partial charge in [0, 0.05) is 12.8 Å². The summed E-state index contributed by atoms with van der Waals surface area (Å²) in [6.45, 7) is 3.41. The molecule has 0 spiro atoms. The molecule has 2 N–H and O–H groups in total. The molecule has 0 aliphatic carbocycles. The van der Waals surface area contributed by atoms with Crippen LogP contribution in [0, 0.1) is 0 Å². The molecule has 0 aliphatic rings. The Kier molecular flexibility index (Phi) is 24.9. The first-order valence-electron chi connectivity index (χ1n) is 14.4. The highest BCUT2D eigenvalue weighted by atomic mass is 31.2. The number of rotatable bonds is 25. The molecule has 0 saturated heterocycles. The van der Waals surface area contributed by atoms with Crippen LogP contribution in [0.5, 0.6) is 0 Å². The molecule has 39 heavy (non-hydrogen) atoms. The highest BCUT2D eigenvalue weighted by molar-refractivity contribution is 7.46. The maximum Gasteiger partial charge on any atom is 0.469 e. The van der Waals surface area contributed by atoms with Crippen LogP contribution in [0.15, 0.2) is 48.6 Å². The van der Waals surface area contributed by atoms with Crippen molar-refractivity contribution in [3.8, 4) is 0 Å². The molecule has 0 rings (SSSR count). The summed E-state index contributed by atoms with van der Waals surface area (Å²) < 4.78 is 25.9. The third-order valence-corrected chi connectivity index (χ3v) is 6.10. The predicted molar refractivity (Wildman–Crippen MR) is 156 cm³/mol. The Morgan fingerprint density at radius 2 is 1.23 bits per heavy atom. The van der Waals surface area contributed by atoms with E-state index in [2.05, 4.69) is 67.0 Å². The van der Waals surface area contributed by atoms with Crippen LogP contribution in [0.25, 0.3) is 0 Å². The lowest BCUT2D eigenvalue weighted by molar-refractivity contribution is -0.161. The second kappa shape index (κ2) is 26.2. The number of unbranched alkanes of at least 4 members (excludes halogenated alkanes) is 7. The molecular formula is C30H51O8P. The minimum Gasteiger partial charge on any atom is -0.462 e.